The van der Waals surface area contributed by atoms with Crippen molar-refractivity contribution in [3.8, 4) is 11.5 Å². The fraction of sp³-hybridized carbons (Fsp3) is 0.286. The van der Waals surface area contributed by atoms with E-state index in [4.69, 9.17) is 9.47 Å². The molecule has 10 heteroatoms. The number of ether oxygens (including phenoxy) is 2. The van der Waals surface area contributed by atoms with Crippen molar-refractivity contribution < 1.29 is 19.1 Å². The number of amides is 1. The lowest BCUT2D eigenvalue weighted by atomic mass is 10.1. The monoisotopic (exact) mass is 383 g/mol. The lowest BCUT2D eigenvalue weighted by Gasteiger charge is -2.10. The van der Waals surface area contributed by atoms with Gasteiger partial charge in [-0.1, -0.05) is 34.9 Å². The Kier molecular flexibility index (Phi) is 5.27. The van der Waals surface area contributed by atoms with Gasteiger partial charge >= 0.3 is 0 Å². The van der Waals surface area contributed by atoms with Crippen LogP contribution in [-0.2, 0) is 4.79 Å². The first kappa shape index (κ1) is 17.1. The summed E-state index contributed by atoms with van der Waals surface area (Å²) in [5.74, 6) is 0.796. The van der Waals surface area contributed by atoms with Crippen LogP contribution in [0.1, 0.15) is 17.3 Å². The van der Waals surface area contributed by atoms with Crippen molar-refractivity contribution in [3.63, 3.8) is 0 Å². The second-order valence-electron chi connectivity index (χ2n) is 4.68. The molecule has 1 aliphatic heterocycles. The zero-order chi connectivity index (χ0) is 17.1. The number of benzene rings is 1. The van der Waals surface area contributed by atoms with Crippen molar-refractivity contribution in [2.75, 3.05) is 24.1 Å². The summed E-state index contributed by atoms with van der Waals surface area (Å²) < 4.78 is 12.1. The molecule has 0 aliphatic carbocycles. The van der Waals surface area contributed by atoms with Crippen molar-refractivity contribution in [1.82, 2.24) is 10.2 Å². The molecule has 24 heavy (non-hydrogen) atoms. The Balaban J connectivity index is 1.68. The highest BCUT2D eigenvalue weighted by molar-refractivity contribution is 8.03. The maximum Gasteiger partial charge on any atom is 0.234 e. The van der Waals surface area contributed by atoms with Crippen LogP contribution >= 0.6 is 34.9 Å². The molecule has 0 saturated heterocycles. The number of hydrogen-bond acceptors (Lipinski definition) is 9. The van der Waals surface area contributed by atoms with Crippen molar-refractivity contribution in [3.05, 3.63) is 17.7 Å². The Labute approximate surface area is 150 Å². The van der Waals surface area contributed by atoms with Gasteiger partial charge in [-0.05, 0) is 19.2 Å². The molecule has 2 aromatic rings. The number of carbonyl (C=O) groups is 2. The van der Waals surface area contributed by atoms with Gasteiger partial charge in [0.15, 0.2) is 26.0 Å². The van der Waals surface area contributed by atoms with Crippen LogP contribution in [-0.4, -0.2) is 40.7 Å². The molecule has 0 fully saturated rings. The molecule has 7 nitrogen and oxygen atoms in total. The van der Waals surface area contributed by atoms with E-state index in [0.717, 1.165) is 8.68 Å². The number of hydrogen-bond donors (Lipinski definition) is 1. The molecule has 0 radical (unpaired) electrons. The molecule has 1 aliphatic rings. The van der Waals surface area contributed by atoms with Gasteiger partial charge in [0.05, 0.1) is 11.4 Å². The van der Waals surface area contributed by atoms with E-state index in [-0.39, 0.29) is 24.2 Å². The molecular formula is C14H13N3O4S3. The predicted molar refractivity (Wildman–Crippen MR) is 93.6 cm³/mol. The second-order valence-corrected chi connectivity index (χ2v) is 7.94. The van der Waals surface area contributed by atoms with Crippen LogP contribution in [0.3, 0.4) is 0 Å². The summed E-state index contributed by atoms with van der Waals surface area (Å²) in [5, 5.41) is 10.7. The molecule has 3 rings (SSSR count). The summed E-state index contributed by atoms with van der Waals surface area (Å²) in [4.78, 5) is 24.0. The first-order valence-electron chi connectivity index (χ1n) is 6.81. The fourth-order valence-electron chi connectivity index (χ4n) is 1.99. The molecule has 1 N–H and O–H groups in total. The standard InChI is InChI=1S/C14H13N3O4S3/c1-7(18)8-3-10-11(21-6-20-10)4-9(8)15-12(19)5-23-14-17-16-13(22-2)24-14/h3-4H,5-6H2,1-2H3,(H,15,19). The van der Waals surface area contributed by atoms with Crippen LogP contribution in [0.2, 0.25) is 0 Å². The van der Waals surface area contributed by atoms with E-state index >= 15 is 0 Å². The van der Waals surface area contributed by atoms with Crippen LogP contribution < -0.4 is 14.8 Å². The van der Waals surface area contributed by atoms with Crippen LogP contribution in [0.5, 0.6) is 11.5 Å². The van der Waals surface area contributed by atoms with Gasteiger partial charge in [0.2, 0.25) is 12.7 Å². The van der Waals surface area contributed by atoms with Gasteiger partial charge in [0.25, 0.3) is 0 Å². The molecule has 0 atom stereocenters. The predicted octanol–water partition coefficient (Wildman–Crippen LogP) is 2.92. The summed E-state index contributed by atoms with van der Waals surface area (Å²) in [6.07, 6.45) is 1.92. The summed E-state index contributed by atoms with van der Waals surface area (Å²) >= 11 is 4.25. The van der Waals surface area contributed by atoms with Gasteiger partial charge in [0, 0.05) is 11.6 Å². The SMILES string of the molecule is CSc1nnc(SCC(=O)Nc2cc3c(cc2C(C)=O)OCO3)s1. The largest absolute Gasteiger partial charge is 0.454 e. The second kappa shape index (κ2) is 7.41. The molecule has 0 saturated carbocycles. The third-order valence-corrected chi connectivity index (χ3v) is 6.09. The average Bonchev–Trinajstić information content (AvgIpc) is 3.20. The van der Waals surface area contributed by atoms with E-state index in [1.54, 1.807) is 12.1 Å². The van der Waals surface area contributed by atoms with E-state index < -0.39 is 0 Å². The van der Waals surface area contributed by atoms with E-state index in [1.165, 1.54) is 41.8 Å². The highest BCUT2D eigenvalue weighted by Gasteiger charge is 2.20. The van der Waals surface area contributed by atoms with Crippen molar-refractivity contribution in [1.29, 1.82) is 0 Å². The molecule has 1 aromatic heterocycles. The van der Waals surface area contributed by atoms with Gasteiger partial charge in [-0.2, -0.15) is 0 Å². The molecule has 0 bridgehead atoms. The van der Waals surface area contributed by atoms with Crippen LogP contribution in [0, 0.1) is 0 Å². The Morgan fingerprint density at radius 3 is 2.62 bits per heavy atom. The zero-order valence-electron chi connectivity index (χ0n) is 12.8. The third kappa shape index (κ3) is 3.82. The molecule has 126 valence electrons. The number of ketones is 1. The topological polar surface area (TPSA) is 90.4 Å². The molecule has 0 unspecified atom stereocenters. The Hall–Kier alpha value is -1.78. The number of thioether (sulfide) groups is 2. The van der Waals surface area contributed by atoms with Crippen LogP contribution in [0.25, 0.3) is 0 Å². The van der Waals surface area contributed by atoms with Crippen LogP contribution in [0.4, 0.5) is 5.69 Å². The minimum Gasteiger partial charge on any atom is -0.454 e. The maximum atomic E-state index is 12.2. The summed E-state index contributed by atoms with van der Waals surface area (Å²) in [6.45, 7) is 1.54. The fourth-order valence-corrected chi connectivity index (χ4v) is 4.23. The Bertz CT molecular complexity index is 794. The smallest absolute Gasteiger partial charge is 0.234 e. The lowest BCUT2D eigenvalue weighted by molar-refractivity contribution is -0.113. The summed E-state index contributed by atoms with van der Waals surface area (Å²) in [6, 6.07) is 3.20. The number of nitrogens with one attached hydrogen (secondary N) is 1. The number of aromatic nitrogens is 2. The first-order chi connectivity index (χ1) is 11.6. The third-order valence-electron chi connectivity index (χ3n) is 3.06. The summed E-state index contributed by atoms with van der Waals surface area (Å²) in [5.41, 5.74) is 0.803. The van der Waals surface area contributed by atoms with Gasteiger partial charge in [-0.25, -0.2) is 0 Å². The number of Topliss-reactive ketones (excluding diaryl/α,β-unsaturated/α-hetero) is 1. The minimum atomic E-state index is -0.234. The van der Waals surface area contributed by atoms with Crippen molar-refractivity contribution in [2.24, 2.45) is 0 Å². The van der Waals surface area contributed by atoms with Crippen molar-refractivity contribution in [2.45, 2.75) is 15.6 Å². The van der Waals surface area contributed by atoms with Crippen molar-refractivity contribution >= 4 is 52.2 Å². The number of anilines is 1. The lowest BCUT2D eigenvalue weighted by Crippen LogP contribution is -2.16. The van der Waals surface area contributed by atoms with Gasteiger partial charge in [0.1, 0.15) is 0 Å². The Morgan fingerprint density at radius 1 is 1.25 bits per heavy atom. The molecular weight excluding hydrogens is 370 g/mol. The number of carbonyl (C=O) groups excluding carboxylic acids is 2. The number of rotatable bonds is 6. The first-order valence-corrected chi connectivity index (χ1v) is 9.84. The normalized spacial score (nSPS) is 12.2. The highest BCUT2D eigenvalue weighted by atomic mass is 32.2. The number of nitrogens with zero attached hydrogens (tertiary/aromatic N) is 2. The molecule has 1 aromatic carbocycles. The van der Waals surface area contributed by atoms with E-state index in [1.807, 2.05) is 6.26 Å². The zero-order valence-corrected chi connectivity index (χ0v) is 15.3. The average molecular weight is 383 g/mol. The van der Waals surface area contributed by atoms with Gasteiger partial charge in [-0.15, -0.1) is 10.2 Å². The molecule has 1 amide bonds. The van der Waals surface area contributed by atoms with E-state index in [2.05, 4.69) is 15.5 Å². The molecule has 2 heterocycles. The Morgan fingerprint density at radius 2 is 1.96 bits per heavy atom. The highest BCUT2D eigenvalue weighted by Crippen LogP contribution is 2.37. The summed E-state index contributed by atoms with van der Waals surface area (Å²) in [7, 11) is 0. The quantitative estimate of drug-likeness (QED) is 0.601. The molecule has 0 spiro atoms. The maximum absolute atomic E-state index is 12.2. The van der Waals surface area contributed by atoms with Gasteiger partial charge < -0.3 is 14.8 Å². The number of fused-ring (bicyclic) bond motifs is 1. The van der Waals surface area contributed by atoms with E-state index in [9.17, 15) is 9.59 Å². The minimum absolute atomic E-state index is 0.106. The van der Waals surface area contributed by atoms with Crippen LogP contribution in [0.15, 0.2) is 20.8 Å². The van der Waals surface area contributed by atoms with Gasteiger partial charge in [-0.3, -0.25) is 9.59 Å². The van der Waals surface area contributed by atoms with E-state index in [0.29, 0.717) is 22.7 Å².